The van der Waals surface area contributed by atoms with E-state index < -0.39 is 8.24 Å². The molecule has 0 aliphatic heterocycles. The molecule has 0 aromatic heterocycles. The Hall–Kier alpha value is -0.763. The summed E-state index contributed by atoms with van der Waals surface area (Å²) in [5.41, 5.74) is 2.67. The van der Waals surface area contributed by atoms with Crippen LogP contribution in [0.15, 0.2) is 30.3 Å². The first-order valence-corrected chi connectivity index (χ1v) is 8.24. The maximum Gasteiger partial charge on any atom is 0.154 e. The van der Waals surface area contributed by atoms with Gasteiger partial charge < -0.3 is 4.98 Å². The van der Waals surface area contributed by atoms with Crippen LogP contribution in [0.4, 0.5) is 5.69 Å². The zero-order valence-electron chi connectivity index (χ0n) is 9.20. The van der Waals surface area contributed by atoms with E-state index in [0.717, 1.165) is 0 Å². The topological polar surface area (TPSA) is 12.0 Å². The van der Waals surface area contributed by atoms with Gasteiger partial charge in [0.25, 0.3) is 0 Å². The average Bonchev–Trinajstić information content (AvgIpc) is 2.71. The Labute approximate surface area is 94.0 Å². The predicted octanol–water partition coefficient (Wildman–Crippen LogP) is 3.25. The highest BCUT2D eigenvalue weighted by molar-refractivity contribution is 6.86. The third kappa shape index (κ3) is 2.62. The fourth-order valence-electron chi connectivity index (χ4n) is 1.75. The van der Waals surface area contributed by atoms with E-state index >= 15 is 0 Å². The third-order valence-corrected chi connectivity index (χ3v) is 5.31. The van der Waals surface area contributed by atoms with Crippen LogP contribution in [0.25, 0.3) is 0 Å². The Kier molecular flexibility index (Phi) is 3.15. The van der Waals surface area contributed by atoms with E-state index in [2.05, 4.69) is 68.0 Å². The van der Waals surface area contributed by atoms with Crippen molar-refractivity contribution in [2.24, 2.45) is 0 Å². The monoisotopic (exact) mass is 214 g/mol. The molecule has 1 nitrogen and oxygen atoms in total. The van der Waals surface area contributed by atoms with Crippen LogP contribution in [0.1, 0.15) is 0 Å². The maximum absolute atomic E-state index is 3.66. The second-order valence-corrected chi connectivity index (χ2v) is 8.37. The minimum Gasteiger partial charge on any atom is -0.410 e. The number of rotatable bonds is 3. The number of hydrogen-bond acceptors (Lipinski definition) is 1. The number of para-hydroxylation sites is 1. The van der Waals surface area contributed by atoms with Crippen LogP contribution in [0.3, 0.4) is 0 Å². The summed E-state index contributed by atoms with van der Waals surface area (Å²) in [6.45, 7) is 4.66. The first-order valence-electron chi connectivity index (χ1n) is 5.24. The molecule has 2 rings (SSSR count). The lowest BCUT2D eigenvalue weighted by Crippen LogP contribution is -2.43. The maximum atomic E-state index is 3.66. The summed E-state index contributed by atoms with van der Waals surface area (Å²) in [7, 11) is -1.52. The van der Waals surface area contributed by atoms with Crippen molar-refractivity contribution in [2.75, 3.05) is 4.98 Å². The molecule has 1 fully saturated rings. The number of anilines is 1. The molecule has 77 valence electrons. The van der Waals surface area contributed by atoms with E-state index in [9.17, 15) is 0 Å². The van der Waals surface area contributed by atoms with Crippen molar-refractivity contribution in [1.29, 1.82) is 0 Å². The van der Waals surface area contributed by atoms with Gasteiger partial charge in [0.05, 0.1) is 0 Å². The van der Waals surface area contributed by atoms with Crippen molar-refractivity contribution in [3.63, 3.8) is 0 Å². The van der Waals surface area contributed by atoms with E-state index in [1.165, 1.54) is 11.2 Å². The van der Waals surface area contributed by atoms with Gasteiger partial charge in [-0.25, -0.2) is 0 Å². The molecule has 5 radical (unpaired) electrons. The second-order valence-electron chi connectivity index (χ2n) is 4.29. The molecule has 0 bridgehead atoms. The van der Waals surface area contributed by atoms with Gasteiger partial charge in [0, 0.05) is 5.69 Å². The number of nitrogens with one attached hydrogen (secondary N) is 1. The van der Waals surface area contributed by atoms with Crippen molar-refractivity contribution in [3.8, 4) is 0 Å². The standard InChI is InChI=1S/C13H16NSi/c1-15(2,13-10-6-7-11-13)14-12-8-4-3-5-9-12/h3-11,14H,1-2H3. The van der Waals surface area contributed by atoms with Crippen LogP contribution in [-0.4, -0.2) is 8.24 Å². The van der Waals surface area contributed by atoms with Gasteiger partial charge >= 0.3 is 0 Å². The van der Waals surface area contributed by atoms with Gasteiger partial charge in [0.15, 0.2) is 8.24 Å². The van der Waals surface area contributed by atoms with E-state index in [0.29, 0.717) is 0 Å². The largest absolute Gasteiger partial charge is 0.410 e. The summed E-state index contributed by atoms with van der Waals surface area (Å²) in [5, 5.41) is 0. The highest BCUT2D eigenvalue weighted by atomic mass is 28.3. The van der Waals surface area contributed by atoms with Crippen LogP contribution >= 0.6 is 0 Å². The Bertz CT molecular complexity index is 302. The van der Waals surface area contributed by atoms with Crippen molar-refractivity contribution in [3.05, 3.63) is 61.6 Å². The van der Waals surface area contributed by atoms with Crippen molar-refractivity contribution in [2.45, 2.75) is 13.1 Å². The molecule has 0 saturated heterocycles. The zero-order chi connectivity index (χ0) is 10.7. The molecule has 1 aromatic rings. The molecule has 0 atom stereocenters. The highest BCUT2D eigenvalue weighted by Crippen LogP contribution is 2.32. The molecular formula is C13H16NSi. The first-order chi connectivity index (χ1) is 7.18. The minimum absolute atomic E-state index is 1.22. The molecule has 0 unspecified atom stereocenters. The summed E-state index contributed by atoms with van der Waals surface area (Å²) in [5.74, 6) is 0. The number of benzene rings is 1. The van der Waals surface area contributed by atoms with Gasteiger partial charge in [-0.1, -0.05) is 31.3 Å². The first kappa shape index (κ1) is 10.7. The molecule has 2 heteroatoms. The van der Waals surface area contributed by atoms with Crippen LogP contribution in [0, 0.1) is 31.2 Å². The van der Waals surface area contributed by atoms with E-state index in [4.69, 9.17) is 0 Å². The molecular weight excluding hydrogens is 198 g/mol. The molecule has 0 amide bonds. The molecule has 0 spiro atoms. The van der Waals surface area contributed by atoms with Gasteiger partial charge in [-0.15, -0.1) is 0 Å². The Morgan fingerprint density at radius 2 is 1.53 bits per heavy atom. The quantitative estimate of drug-likeness (QED) is 0.762. The van der Waals surface area contributed by atoms with Gasteiger partial charge in [0.2, 0.25) is 0 Å². The van der Waals surface area contributed by atoms with E-state index in [-0.39, 0.29) is 0 Å². The number of hydrogen-bond donors (Lipinski definition) is 1. The van der Waals surface area contributed by atoms with Gasteiger partial charge in [-0.05, 0) is 43.4 Å². The molecule has 1 N–H and O–H groups in total. The van der Waals surface area contributed by atoms with Gasteiger partial charge in [0.1, 0.15) is 0 Å². The molecule has 1 aliphatic rings. The molecule has 0 heterocycles. The van der Waals surface area contributed by atoms with Crippen LogP contribution in [0.2, 0.25) is 13.1 Å². The molecule has 1 aliphatic carbocycles. The van der Waals surface area contributed by atoms with Crippen LogP contribution in [0.5, 0.6) is 0 Å². The van der Waals surface area contributed by atoms with Crippen LogP contribution in [-0.2, 0) is 0 Å². The molecule has 15 heavy (non-hydrogen) atoms. The van der Waals surface area contributed by atoms with Crippen LogP contribution < -0.4 is 4.98 Å². The van der Waals surface area contributed by atoms with Gasteiger partial charge in [-0.3, -0.25) is 0 Å². The smallest absolute Gasteiger partial charge is 0.154 e. The predicted molar refractivity (Wildman–Crippen MR) is 68.0 cm³/mol. The average molecular weight is 214 g/mol. The third-order valence-electron chi connectivity index (χ3n) is 2.61. The normalized spacial score (nSPS) is 18.0. The zero-order valence-corrected chi connectivity index (χ0v) is 10.2. The fraction of sp³-hybridized carbons (Fsp3) is 0.154. The van der Waals surface area contributed by atoms with E-state index in [1.54, 1.807) is 0 Å². The Morgan fingerprint density at radius 3 is 2.13 bits per heavy atom. The van der Waals surface area contributed by atoms with Crippen molar-refractivity contribution < 1.29 is 0 Å². The minimum atomic E-state index is -1.52. The van der Waals surface area contributed by atoms with Crippen molar-refractivity contribution >= 4 is 13.9 Å². The lowest BCUT2D eigenvalue weighted by atomic mass is 10.3. The fourth-order valence-corrected chi connectivity index (χ4v) is 3.80. The summed E-state index contributed by atoms with van der Waals surface area (Å²) < 4.78 is 0. The van der Waals surface area contributed by atoms with E-state index in [1.807, 2.05) is 6.07 Å². The lowest BCUT2D eigenvalue weighted by molar-refractivity contribution is 1.39. The molecule has 1 saturated carbocycles. The summed E-state index contributed by atoms with van der Waals surface area (Å²) in [6, 6.07) is 10.4. The van der Waals surface area contributed by atoms with Gasteiger partial charge in [-0.2, -0.15) is 0 Å². The summed E-state index contributed by atoms with van der Waals surface area (Å²) in [6.07, 6.45) is 8.64. The SMILES string of the molecule is C[Si](C)(Nc1ccccc1)[C]1[CH][CH][CH][CH]1. The molecule has 1 aromatic carbocycles. The lowest BCUT2D eigenvalue weighted by Gasteiger charge is -2.30. The Morgan fingerprint density at radius 1 is 0.933 bits per heavy atom. The summed E-state index contributed by atoms with van der Waals surface area (Å²) in [4.78, 5) is 3.66. The highest BCUT2D eigenvalue weighted by Gasteiger charge is 2.35. The second kappa shape index (κ2) is 4.39. The van der Waals surface area contributed by atoms with Crippen molar-refractivity contribution in [1.82, 2.24) is 0 Å². The Balaban J connectivity index is 2.03. The summed E-state index contributed by atoms with van der Waals surface area (Å²) >= 11 is 0.